The Morgan fingerprint density at radius 2 is 1.93 bits per heavy atom. The van der Waals surface area contributed by atoms with Gasteiger partial charge in [-0.15, -0.1) is 0 Å². The quantitative estimate of drug-likeness (QED) is 0.685. The van der Waals surface area contributed by atoms with Crippen LogP contribution >= 0.6 is 0 Å². The highest BCUT2D eigenvalue weighted by atomic mass is 16.3. The van der Waals surface area contributed by atoms with Gasteiger partial charge in [0.2, 0.25) is 5.91 Å². The van der Waals surface area contributed by atoms with E-state index in [0.29, 0.717) is 12.5 Å². The van der Waals surface area contributed by atoms with Crippen LogP contribution in [-0.2, 0) is 4.79 Å². The average molecular weight is 201 g/mol. The van der Waals surface area contributed by atoms with E-state index in [-0.39, 0.29) is 11.8 Å². The van der Waals surface area contributed by atoms with E-state index in [1.165, 1.54) is 0 Å². The summed E-state index contributed by atoms with van der Waals surface area (Å²) in [5.74, 6) is 0.519. The Kier molecular flexibility index (Phi) is 6.54. The molecule has 0 aliphatic rings. The zero-order valence-corrected chi connectivity index (χ0v) is 9.71. The zero-order valence-electron chi connectivity index (χ0n) is 9.71. The van der Waals surface area contributed by atoms with Crippen LogP contribution in [0.5, 0.6) is 0 Å². The molecule has 84 valence electrons. The first-order valence-corrected chi connectivity index (χ1v) is 5.44. The van der Waals surface area contributed by atoms with Crippen molar-refractivity contribution in [1.29, 1.82) is 0 Å². The van der Waals surface area contributed by atoms with Crippen molar-refractivity contribution in [3.63, 3.8) is 0 Å². The van der Waals surface area contributed by atoms with E-state index >= 15 is 0 Å². The minimum Gasteiger partial charge on any atom is -0.392 e. The normalized spacial score (nSPS) is 15.3. The summed E-state index contributed by atoms with van der Waals surface area (Å²) in [6, 6.07) is 0. The molecule has 3 heteroatoms. The van der Waals surface area contributed by atoms with Crippen LogP contribution in [0.3, 0.4) is 0 Å². The highest BCUT2D eigenvalue weighted by Gasteiger charge is 2.20. The van der Waals surface area contributed by atoms with Gasteiger partial charge < -0.3 is 10.4 Å². The molecule has 2 atom stereocenters. The maximum absolute atomic E-state index is 11.7. The van der Waals surface area contributed by atoms with Gasteiger partial charge in [0.25, 0.3) is 0 Å². The molecular formula is C11H23NO2. The molecule has 0 aliphatic heterocycles. The van der Waals surface area contributed by atoms with Crippen molar-refractivity contribution in [2.24, 2.45) is 11.8 Å². The maximum atomic E-state index is 11.7. The molecule has 3 nitrogen and oxygen atoms in total. The molecule has 2 unspecified atom stereocenters. The van der Waals surface area contributed by atoms with E-state index in [9.17, 15) is 4.79 Å². The molecule has 0 aromatic heterocycles. The first-order valence-electron chi connectivity index (χ1n) is 5.44. The third kappa shape index (κ3) is 5.22. The number of aliphatic hydroxyl groups excluding tert-OH is 1. The van der Waals surface area contributed by atoms with Crippen molar-refractivity contribution in [3.8, 4) is 0 Å². The van der Waals surface area contributed by atoms with E-state index < -0.39 is 6.10 Å². The second-order valence-corrected chi connectivity index (χ2v) is 4.23. The number of hydrogen-bond acceptors (Lipinski definition) is 2. The molecule has 0 radical (unpaired) electrons. The van der Waals surface area contributed by atoms with Crippen LogP contribution in [0.4, 0.5) is 0 Å². The molecule has 0 spiro atoms. The van der Waals surface area contributed by atoms with Crippen LogP contribution in [-0.4, -0.2) is 23.7 Å². The molecule has 0 saturated heterocycles. The summed E-state index contributed by atoms with van der Waals surface area (Å²) in [5, 5.41) is 11.8. The predicted octanol–water partition coefficient (Wildman–Crippen LogP) is 1.56. The summed E-state index contributed by atoms with van der Waals surface area (Å²) >= 11 is 0. The fourth-order valence-electron chi connectivity index (χ4n) is 1.46. The maximum Gasteiger partial charge on any atom is 0.223 e. The van der Waals surface area contributed by atoms with Crippen LogP contribution < -0.4 is 5.32 Å². The lowest BCUT2D eigenvalue weighted by Gasteiger charge is -2.20. The Hall–Kier alpha value is -0.570. The van der Waals surface area contributed by atoms with E-state index in [1.54, 1.807) is 6.92 Å². The summed E-state index contributed by atoms with van der Waals surface area (Å²) in [6.07, 6.45) is 1.47. The molecule has 2 N–H and O–H groups in total. The van der Waals surface area contributed by atoms with Crippen LogP contribution in [0.25, 0.3) is 0 Å². The largest absolute Gasteiger partial charge is 0.392 e. The highest BCUT2D eigenvalue weighted by Crippen LogP contribution is 2.16. The topological polar surface area (TPSA) is 49.3 Å². The molecule has 0 aromatic carbocycles. The molecule has 0 heterocycles. The van der Waals surface area contributed by atoms with Gasteiger partial charge in [-0.3, -0.25) is 4.79 Å². The molecule has 0 saturated carbocycles. The Bertz CT molecular complexity index is 167. The lowest BCUT2D eigenvalue weighted by molar-refractivity contribution is -0.127. The van der Waals surface area contributed by atoms with Gasteiger partial charge in [-0.2, -0.15) is 0 Å². The fourth-order valence-corrected chi connectivity index (χ4v) is 1.46. The monoisotopic (exact) mass is 201 g/mol. The van der Waals surface area contributed by atoms with Crippen LogP contribution in [0.2, 0.25) is 0 Å². The van der Waals surface area contributed by atoms with Crippen molar-refractivity contribution in [2.45, 2.75) is 46.6 Å². The van der Waals surface area contributed by atoms with E-state index in [1.807, 2.05) is 0 Å². The summed E-state index contributed by atoms with van der Waals surface area (Å²) in [4.78, 5) is 11.7. The third-order valence-corrected chi connectivity index (χ3v) is 2.31. The Morgan fingerprint density at radius 3 is 2.29 bits per heavy atom. The van der Waals surface area contributed by atoms with Crippen molar-refractivity contribution in [3.05, 3.63) is 0 Å². The summed E-state index contributed by atoms with van der Waals surface area (Å²) in [5.41, 5.74) is 0. The molecule has 0 fully saturated rings. The fraction of sp³-hybridized carbons (Fsp3) is 0.909. The van der Waals surface area contributed by atoms with Gasteiger partial charge >= 0.3 is 0 Å². The van der Waals surface area contributed by atoms with Gasteiger partial charge in [0.05, 0.1) is 6.10 Å². The van der Waals surface area contributed by atoms with Crippen LogP contribution in [0.1, 0.15) is 40.5 Å². The van der Waals surface area contributed by atoms with Crippen molar-refractivity contribution >= 4 is 5.91 Å². The Labute approximate surface area is 86.9 Å². The van der Waals surface area contributed by atoms with E-state index in [4.69, 9.17) is 5.11 Å². The number of hydrogen-bond donors (Lipinski definition) is 2. The lowest BCUT2D eigenvalue weighted by Crippen LogP contribution is -2.37. The first kappa shape index (κ1) is 13.4. The SMILES string of the molecule is CCCC(C(=O)NCC(C)O)C(C)C. The average Bonchev–Trinajstić information content (AvgIpc) is 2.09. The summed E-state index contributed by atoms with van der Waals surface area (Å²) in [6.45, 7) is 8.22. The molecule has 0 bridgehead atoms. The van der Waals surface area contributed by atoms with Crippen LogP contribution in [0, 0.1) is 11.8 Å². The van der Waals surface area contributed by atoms with Gasteiger partial charge in [-0.25, -0.2) is 0 Å². The smallest absolute Gasteiger partial charge is 0.223 e. The van der Waals surface area contributed by atoms with Gasteiger partial charge in [0.15, 0.2) is 0 Å². The molecule has 0 aliphatic carbocycles. The third-order valence-electron chi connectivity index (χ3n) is 2.31. The lowest BCUT2D eigenvalue weighted by atomic mass is 9.90. The number of amides is 1. The molecule has 0 aromatic rings. The number of carbonyl (C=O) groups is 1. The Balaban J connectivity index is 4.02. The van der Waals surface area contributed by atoms with Gasteiger partial charge in [-0.05, 0) is 19.3 Å². The van der Waals surface area contributed by atoms with Crippen molar-refractivity contribution in [2.75, 3.05) is 6.54 Å². The highest BCUT2D eigenvalue weighted by molar-refractivity contribution is 5.78. The van der Waals surface area contributed by atoms with Crippen molar-refractivity contribution < 1.29 is 9.90 Å². The van der Waals surface area contributed by atoms with Gasteiger partial charge in [-0.1, -0.05) is 27.2 Å². The zero-order chi connectivity index (χ0) is 11.1. The summed E-state index contributed by atoms with van der Waals surface area (Å²) < 4.78 is 0. The van der Waals surface area contributed by atoms with Gasteiger partial charge in [0.1, 0.15) is 0 Å². The second-order valence-electron chi connectivity index (χ2n) is 4.23. The van der Waals surface area contributed by atoms with Crippen molar-refractivity contribution in [1.82, 2.24) is 5.32 Å². The minimum atomic E-state index is -0.464. The predicted molar refractivity (Wildman–Crippen MR) is 57.9 cm³/mol. The Morgan fingerprint density at radius 1 is 1.36 bits per heavy atom. The number of nitrogens with one attached hydrogen (secondary N) is 1. The van der Waals surface area contributed by atoms with E-state index in [0.717, 1.165) is 12.8 Å². The number of rotatable bonds is 6. The number of carbonyl (C=O) groups excluding carboxylic acids is 1. The molecular weight excluding hydrogens is 178 g/mol. The molecule has 0 rings (SSSR count). The number of aliphatic hydroxyl groups is 1. The first-order chi connectivity index (χ1) is 6.49. The standard InChI is InChI=1S/C11H23NO2/c1-5-6-10(8(2)3)11(14)12-7-9(4)13/h8-10,13H,5-7H2,1-4H3,(H,12,14). The summed E-state index contributed by atoms with van der Waals surface area (Å²) in [7, 11) is 0. The van der Waals surface area contributed by atoms with Crippen LogP contribution in [0.15, 0.2) is 0 Å². The van der Waals surface area contributed by atoms with Gasteiger partial charge in [0, 0.05) is 12.5 Å². The molecule has 1 amide bonds. The van der Waals surface area contributed by atoms with E-state index in [2.05, 4.69) is 26.1 Å². The molecule has 14 heavy (non-hydrogen) atoms. The second kappa shape index (κ2) is 6.82. The minimum absolute atomic E-state index is 0.0720.